The molecule has 0 saturated carbocycles. The zero-order valence-electron chi connectivity index (χ0n) is 19.5. The molecule has 0 aliphatic heterocycles. The van der Waals surface area contributed by atoms with Gasteiger partial charge in [-0.3, -0.25) is 4.55 Å². The molecule has 0 aromatic heterocycles. The van der Waals surface area contributed by atoms with E-state index in [9.17, 15) is 17.5 Å². The van der Waals surface area contributed by atoms with Crippen LogP contribution in [-0.2, 0) is 24.2 Å². The molecule has 0 saturated heterocycles. The minimum Gasteiger partial charge on any atom is -0.377 e. The summed E-state index contributed by atoms with van der Waals surface area (Å²) in [7, 11) is -6.17. The Labute approximate surface area is 184 Å². The van der Waals surface area contributed by atoms with Gasteiger partial charge in [-0.15, -0.1) is 0 Å². The summed E-state index contributed by atoms with van der Waals surface area (Å²) in [5.41, 5.74) is 3.95. The highest BCUT2D eigenvalue weighted by molar-refractivity contribution is 7.93. The van der Waals surface area contributed by atoms with Crippen LogP contribution in [0.2, 0.25) is 0 Å². The highest BCUT2D eigenvalue weighted by atomic mass is 32.2. The summed E-state index contributed by atoms with van der Waals surface area (Å²) >= 11 is 0. The van der Waals surface area contributed by atoms with Gasteiger partial charge in [0.15, 0.2) is 0 Å². The van der Waals surface area contributed by atoms with Gasteiger partial charge in [0.2, 0.25) is 4.67 Å². The summed E-state index contributed by atoms with van der Waals surface area (Å²) in [6, 6.07) is 0. The van der Waals surface area contributed by atoms with Gasteiger partial charge in [-0.05, 0) is 73.1 Å². The third-order valence-corrected chi connectivity index (χ3v) is 9.23. The molecule has 0 radical (unpaired) electrons. The molecule has 0 aromatic carbocycles. The van der Waals surface area contributed by atoms with Crippen LogP contribution in [0.3, 0.4) is 0 Å². The van der Waals surface area contributed by atoms with Crippen LogP contribution in [-0.4, -0.2) is 37.7 Å². The van der Waals surface area contributed by atoms with Crippen LogP contribution < -0.4 is 0 Å². The molecule has 2 unspecified atom stereocenters. The smallest absolute Gasteiger partial charge is 0.302 e. The van der Waals surface area contributed by atoms with Gasteiger partial charge >= 0.3 is 10.1 Å². The molecule has 0 bridgehead atoms. The van der Waals surface area contributed by atoms with Crippen LogP contribution in [0, 0.1) is 0 Å². The van der Waals surface area contributed by atoms with Gasteiger partial charge in [0.05, 0.1) is 0 Å². The molecule has 176 valence electrons. The molecule has 6 nitrogen and oxygen atoms in total. The minimum absolute atomic E-state index is 0.0337. The van der Waals surface area contributed by atoms with Crippen LogP contribution in [0.1, 0.15) is 79.6 Å². The fourth-order valence-corrected chi connectivity index (χ4v) is 6.38. The maximum Gasteiger partial charge on any atom is 0.302 e. The maximum atomic E-state index is 12.5. The summed E-state index contributed by atoms with van der Waals surface area (Å²) in [6.45, 7) is 10.1. The highest BCUT2D eigenvalue weighted by Gasteiger charge is 2.49. The number of rotatable bonds is 16. The number of methoxy groups -OCH3 is 1. The SMILES string of the molecule is CCOC(CCCC=C(C)CCC=C(C)CCC=C(C)C)([PH](=O)COC)S(=O)(=O)O. The first-order valence-electron chi connectivity index (χ1n) is 10.6. The van der Waals surface area contributed by atoms with Crippen LogP contribution in [0.5, 0.6) is 0 Å². The van der Waals surface area contributed by atoms with Crippen LogP contribution in [0.15, 0.2) is 34.9 Å². The Balaban J connectivity index is 4.76. The van der Waals surface area contributed by atoms with Gasteiger partial charge < -0.3 is 14.0 Å². The second-order valence-corrected chi connectivity index (χ2v) is 11.8. The third kappa shape index (κ3) is 11.1. The Kier molecular flexibility index (Phi) is 14.8. The van der Waals surface area contributed by atoms with E-state index in [2.05, 4.69) is 45.9 Å². The highest BCUT2D eigenvalue weighted by Crippen LogP contribution is 2.47. The van der Waals surface area contributed by atoms with E-state index in [-0.39, 0.29) is 19.4 Å². The van der Waals surface area contributed by atoms with E-state index in [1.165, 1.54) is 23.8 Å². The average Bonchev–Trinajstić information content (AvgIpc) is 2.63. The Hall–Kier alpha value is -0.720. The lowest BCUT2D eigenvalue weighted by Crippen LogP contribution is -2.38. The number of hydrogen-bond donors (Lipinski definition) is 1. The van der Waals surface area contributed by atoms with E-state index in [1.807, 2.05) is 0 Å². The van der Waals surface area contributed by atoms with E-state index < -0.39 is 22.6 Å². The van der Waals surface area contributed by atoms with Crippen molar-refractivity contribution >= 4 is 17.9 Å². The second kappa shape index (κ2) is 15.1. The summed E-state index contributed by atoms with van der Waals surface area (Å²) in [6.07, 6.45) is 11.4. The average molecular weight is 465 g/mol. The van der Waals surface area contributed by atoms with E-state index in [4.69, 9.17) is 9.47 Å². The fourth-order valence-electron chi connectivity index (χ4n) is 3.14. The predicted octanol–water partition coefficient (Wildman–Crippen LogP) is 6.32. The topological polar surface area (TPSA) is 89.9 Å². The second-order valence-electron chi connectivity index (χ2n) is 7.87. The lowest BCUT2D eigenvalue weighted by Gasteiger charge is -2.29. The zero-order chi connectivity index (χ0) is 23.2. The van der Waals surface area contributed by atoms with Crippen molar-refractivity contribution in [1.29, 1.82) is 0 Å². The first-order valence-corrected chi connectivity index (χ1v) is 13.6. The van der Waals surface area contributed by atoms with Gasteiger partial charge in [-0.25, -0.2) is 0 Å². The first kappa shape index (κ1) is 29.3. The van der Waals surface area contributed by atoms with Gasteiger partial charge in [-0.2, -0.15) is 8.42 Å². The van der Waals surface area contributed by atoms with E-state index >= 15 is 0 Å². The van der Waals surface area contributed by atoms with Gasteiger partial charge in [0.1, 0.15) is 14.1 Å². The largest absolute Gasteiger partial charge is 0.377 e. The Morgan fingerprint density at radius 2 is 1.53 bits per heavy atom. The molecule has 0 fully saturated rings. The fraction of sp³-hybridized carbons (Fsp3) is 0.727. The summed E-state index contributed by atoms with van der Waals surface area (Å²) in [4.78, 5) is 0. The van der Waals surface area contributed by atoms with Gasteiger partial charge in [0, 0.05) is 20.1 Å². The molecule has 1 N–H and O–H groups in total. The standard InChI is InChI=1S/C22H41O6PS/c1-7-28-22(30(24,25)26,29(23)18-27-6)17-9-8-13-20(4)15-11-16-21(5)14-10-12-19(2)3/h12-13,16,29H,7-11,14-15,17-18H2,1-6H3,(H,24,25,26). The lowest BCUT2D eigenvalue weighted by molar-refractivity contribution is 0.0685. The van der Waals surface area contributed by atoms with Crippen molar-refractivity contribution in [2.45, 2.75) is 84.2 Å². The molecule has 0 aliphatic carbocycles. The summed E-state index contributed by atoms with van der Waals surface area (Å²) in [5.74, 6) is 0. The molecule has 0 aliphatic rings. The van der Waals surface area contributed by atoms with E-state index in [0.29, 0.717) is 12.8 Å². The molecule has 0 amide bonds. The number of allylic oxidation sites excluding steroid dienone is 6. The normalized spacial score (nSPS) is 16.2. The van der Waals surface area contributed by atoms with Crippen molar-refractivity contribution in [2.24, 2.45) is 0 Å². The van der Waals surface area contributed by atoms with Crippen molar-refractivity contribution in [3.05, 3.63) is 34.9 Å². The molecular weight excluding hydrogens is 423 g/mol. The molecule has 0 spiro atoms. The van der Waals surface area contributed by atoms with Gasteiger partial charge in [-0.1, -0.05) is 34.9 Å². The molecule has 8 heteroatoms. The Morgan fingerprint density at radius 1 is 1.00 bits per heavy atom. The number of unbranched alkanes of at least 4 members (excludes halogenated alkanes) is 1. The van der Waals surface area contributed by atoms with Crippen LogP contribution in [0.25, 0.3) is 0 Å². The van der Waals surface area contributed by atoms with E-state index in [1.54, 1.807) is 6.92 Å². The van der Waals surface area contributed by atoms with Crippen LogP contribution >= 0.6 is 7.80 Å². The van der Waals surface area contributed by atoms with Crippen LogP contribution in [0.4, 0.5) is 0 Å². The molecule has 2 atom stereocenters. The Bertz CT molecular complexity index is 720. The van der Waals surface area contributed by atoms with Crippen molar-refractivity contribution in [3.63, 3.8) is 0 Å². The Morgan fingerprint density at radius 3 is 2.00 bits per heavy atom. The van der Waals surface area contributed by atoms with Crippen molar-refractivity contribution in [3.8, 4) is 0 Å². The third-order valence-electron chi connectivity index (χ3n) is 4.82. The number of ether oxygens (including phenoxy) is 2. The molecule has 0 heterocycles. The van der Waals surface area contributed by atoms with Crippen molar-refractivity contribution in [2.75, 3.05) is 20.1 Å². The molecular formula is C22H41O6PS. The zero-order valence-corrected chi connectivity index (χ0v) is 21.3. The minimum atomic E-state index is -4.65. The monoisotopic (exact) mass is 464 g/mol. The molecule has 0 rings (SSSR count). The number of hydrogen-bond acceptors (Lipinski definition) is 5. The molecule has 0 aromatic rings. The van der Waals surface area contributed by atoms with Crippen molar-refractivity contribution < 1.29 is 27.0 Å². The molecule has 30 heavy (non-hydrogen) atoms. The summed E-state index contributed by atoms with van der Waals surface area (Å²) < 4.78 is 54.3. The van der Waals surface area contributed by atoms with Crippen molar-refractivity contribution in [1.82, 2.24) is 0 Å². The van der Waals surface area contributed by atoms with Gasteiger partial charge in [0.25, 0.3) is 0 Å². The quantitative estimate of drug-likeness (QED) is 0.124. The first-order chi connectivity index (χ1) is 14.0. The summed E-state index contributed by atoms with van der Waals surface area (Å²) in [5, 5.41) is 0. The van der Waals surface area contributed by atoms with E-state index in [0.717, 1.165) is 25.7 Å². The maximum absolute atomic E-state index is 12.5. The lowest BCUT2D eigenvalue weighted by atomic mass is 10.1. The predicted molar refractivity (Wildman–Crippen MR) is 126 cm³/mol.